The monoisotopic (exact) mass is 704 g/mol. The first-order valence-electron chi connectivity index (χ1n) is 21.7. The van der Waals surface area contributed by atoms with Crippen LogP contribution in [0.15, 0.2) is 59.8 Å². The second-order valence-electron chi connectivity index (χ2n) is 16.8. The normalized spacial score (nSPS) is 36.0. The molecule has 1 fully saturated rings. The van der Waals surface area contributed by atoms with Crippen LogP contribution in [0.2, 0.25) is 0 Å². The fourth-order valence-electron chi connectivity index (χ4n) is 10.1. The summed E-state index contributed by atoms with van der Waals surface area (Å²) in [6.07, 6.45) is 40.9. The van der Waals surface area contributed by atoms with Gasteiger partial charge in [0.15, 0.2) is 6.35 Å². The molecule has 6 nitrogen and oxygen atoms in total. The molecule has 4 N–H and O–H groups in total. The Labute approximate surface area is 311 Å². The van der Waals surface area contributed by atoms with Crippen LogP contribution < -0.4 is 16.0 Å². The van der Waals surface area contributed by atoms with Crippen LogP contribution in [-0.2, 0) is 9.47 Å². The third-order valence-electron chi connectivity index (χ3n) is 13.2. The van der Waals surface area contributed by atoms with Crippen molar-refractivity contribution in [2.24, 2.45) is 41.4 Å². The van der Waals surface area contributed by atoms with E-state index in [1.165, 1.54) is 95.5 Å². The van der Waals surface area contributed by atoms with Gasteiger partial charge in [-0.2, -0.15) is 0 Å². The van der Waals surface area contributed by atoms with Crippen molar-refractivity contribution in [1.82, 2.24) is 16.0 Å². The van der Waals surface area contributed by atoms with E-state index in [1.54, 1.807) is 5.57 Å². The SMILES string of the molecule is CCCCCCCCCCCCOC1NC(C2=CCC3C=CC4CCC=C5C=CC2C3C54)NC(C2C=CC(OCC(CC)CCCC)CC2O)N1. The molecule has 51 heavy (non-hydrogen) atoms. The molecule has 6 aliphatic rings. The summed E-state index contributed by atoms with van der Waals surface area (Å²) in [6.45, 7) is 8.34. The number of nitrogens with one attached hydrogen (secondary N) is 3. The summed E-state index contributed by atoms with van der Waals surface area (Å²) in [5, 5.41) is 23.1. The Kier molecular flexibility index (Phi) is 15.5. The van der Waals surface area contributed by atoms with Gasteiger partial charge >= 0.3 is 0 Å². The van der Waals surface area contributed by atoms with Crippen molar-refractivity contribution in [3.05, 3.63) is 59.8 Å². The fraction of sp³-hybridized carbons (Fsp3) is 0.778. The summed E-state index contributed by atoms with van der Waals surface area (Å²) < 4.78 is 13.0. The lowest BCUT2D eigenvalue weighted by Gasteiger charge is -2.52. The van der Waals surface area contributed by atoms with E-state index >= 15 is 0 Å². The molecule has 5 aliphatic carbocycles. The van der Waals surface area contributed by atoms with Crippen molar-refractivity contribution in [3.8, 4) is 0 Å². The quantitative estimate of drug-likeness (QED) is 0.0705. The average Bonchev–Trinajstić information content (AvgIpc) is 3.16. The lowest BCUT2D eigenvalue weighted by Crippen LogP contribution is -2.71. The predicted octanol–water partition coefficient (Wildman–Crippen LogP) is 9.45. The van der Waals surface area contributed by atoms with E-state index in [0.29, 0.717) is 41.9 Å². The van der Waals surface area contributed by atoms with Gasteiger partial charge in [-0.05, 0) is 72.8 Å². The number of rotatable bonds is 21. The van der Waals surface area contributed by atoms with Crippen molar-refractivity contribution in [2.75, 3.05) is 13.2 Å². The van der Waals surface area contributed by atoms with Gasteiger partial charge in [0.25, 0.3) is 0 Å². The molecule has 0 saturated carbocycles. The van der Waals surface area contributed by atoms with Gasteiger partial charge in [0.2, 0.25) is 0 Å². The smallest absolute Gasteiger partial charge is 0.166 e. The number of allylic oxidation sites excluding steroid dienone is 7. The van der Waals surface area contributed by atoms with Crippen LogP contribution in [0.4, 0.5) is 0 Å². The standard InChI is InChI=1S/C45H73N3O3/c1-4-7-9-10-11-12-13-14-15-16-29-50-45-47-43(38-27-24-35-22-21-33-19-17-20-34-23-26-37(38)42(35)41(33)34)46-44(48-45)39-28-25-36(30-40(39)49)51-31-32(6-3)18-8-5-2/h20-23,25-28,32-33,35-37,39-49H,4-19,24,29-31H2,1-3H3. The highest BCUT2D eigenvalue weighted by Crippen LogP contribution is 2.54. The summed E-state index contributed by atoms with van der Waals surface area (Å²) in [4.78, 5) is 0. The van der Waals surface area contributed by atoms with E-state index in [2.05, 4.69) is 85.3 Å². The van der Waals surface area contributed by atoms with Gasteiger partial charge in [-0.15, -0.1) is 0 Å². The zero-order chi connectivity index (χ0) is 35.4. The van der Waals surface area contributed by atoms with Gasteiger partial charge in [0.1, 0.15) is 0 Å². The van der Waals surface area contributed by atoms with Gasteiger partial charge in [-0.3, -0.25) is 16.0 Å². The Balaban J connectivity index is 1.09. The van der Waals surface area contributed by atoms with Crippen molar-refractivity contribution >= 4 is 0 Å². The van der Waals surface area contributed by atoms with E-state index in [1.807, 2.05) is 0 Å². The predicted molar refractivity (Wildman–Crippen MR) is 211 cm³/mol. The van der Waals surface area contributed by atoms with E-state index < -0.39 is 6.10 Å². The van der Waals surface area contributed by atoms with Gasteiger partial charge in [0, 0.05) is 18.3 Å². The number of hydrogen-bond acceptors (Lipinski definition) is 6. The average molecular weight is 704 g/mol. The number of ether oxygens (including phenoxy) is 2. The molecule has 0 aromatic carbocycles. The minimum absolute atomic E-state index is 0.0125. The maximum absolute atomic E-state index is 11.6. The molecule has 12 unspecified atom stereocenters. The summed E-state index contributed by atoms with van der Waals surface area (Å²) in [7, 11) is 0. The van der Waals surface area contributed by atoms with Crippen molar-refractivity contribution in [3.63, 3.8) is 0 Å². The summed E-state index contributed by atoms with van der Waals surface area (Å²) in [5.41, 5.74) is 3.03. The third kappa shape index (κ3) is 10.4. The molecule has 1 saturated heterocycles. The molecule has 286 valence electrons. The van der Waals surface area contributed by atoms with Gasteiger partial charge < -0.3 is 14.6 Å². The molecule has 0 aromatic rings. The van der Waals surface area contributed by atoms with Crippen molar-refractivity contribution in [2.45, 2.75) is 167 Å². The summed E-state index contributed by atoms with van der Waals surface area (Å²) in [5.74, 6) is 3.50. The second-order valence-corrected chi connectivity index (χ2v) is 16.8. The van der Waals surface area contributed by atoms with Crippen LogP contribution in [0.25, 0.3) is 0 Å². The molecule has 0 aromatic heterocycles. The maximum atomic E-state index is 11.6. The zero-order valence-corrected chi connectivity index (χ0v) is 32.5. The molecular weight excluding hydrogens is 631 g/mol. The molecular formula is C45H73N3O3. The molecule has 6 heteroatoms. The molecule has 0 bridgehead atoms. The molecule has 0 amide bonds. The van der Waals surface area contributed by atoms with Crippen LogP contribution in [0, 0.1) is 41.4 Å². The summed E-state index contributed by atoms with van der Waals surface area (Å²) >= 11 is 0. The zero-order valence-electron chi connectivity index (χ0n) is 32.5. The Bertz CT molecular complexity index is 1210. The Morgan fingerprint density at radius 2 is 1.55 bits per heavy atom. The summed E-state index contributed by atoms with van der Waals surface area (Å²) in [6, 6.07) is 0. The molecule has 6 rings (SSSR count). The van der Waals surface area contributed by atoms with Crippen LogP contribution >= 0.6 is 0 Å². The fourth-order valence-corrected chi connectivity index (χ4v) is 10.1. The number of aliphatic hydroxyl groups excluding tert-OH is 1. The van der Waals surface area contributed by atoms with Gasteiger partial charge in [0.05, 0.1) is 37.8 Å². The maximum Gasteiger partial charge on any atom is 0.166 e. The van der Waals surface area contributed by atoms with E-state index in [4.69, 9.17) is 9.47 Å². The lowest BCUT2D eigenvalue weighted by atomic mass is 9.54. The highest BCUT2D eigenvalue weighted by Gasteiger charge is 2.48. The number of unbranched alkanes of at least 4 members (excludes halogenated alkanes) is 10. The first kappa shape index (κ1) is 39.2. The topological polar surface area (TPSA) is 74.8 Å². The minimum atomic E-state index is -0.486. The van der Waals surface area contributed by atoms with Gasteiger partial charge in [-0.1, -0.05) is 146 Å². The van der Waals surface area contributed by atoms with Crippen LogP contribution in [-0.4, -0.2) is 49.2 Å². The minimum Gasteiger partial charge on any atom is -0.392 e. The first-order valence-corrected chi connectivity index (χ1v) is 21.7. The molecule has 12 atom stereocenters. The Hall–Kier alpha value is -1.54. The van der Waals surface area contributed by atoms with E-state index in [-0.39, 0.29) is 30.7 Å². The van der Waals surface area contributed by atoms with Crippen molar-refractivity contribution < 1.29 is 14.6 Å². The van der Waals surface area contributed by atoms with Crippen LogP contribution in [0.5, 0.6) is 0 Å². The lowest BCUT2D eigenvalue weighted by molar-refractivity contribution is -0.0594. The number of aliphatic hydroxyl groups is 1. The number of hydrogen-bond donors (Lipinski definition) is 4. The molecule has 1 heterocycles. The first-order chi connectivity index (χ1) is 25.1. The largest absolute Gasteiger partial charge is 0.392 e. The molecule has 1 aliphatic heterocycles. The Morgan fingerprint density at radius 3 is 2.31 bits per heavy atom. The molecule has 0 radical (unpaired) electrons. The van der Waals surface area contributed by atoms with E-state index in [0.717, 1.165) is 32.5 Å². The van der Waals surface area contributed by atoms with Gasteiger partial charge in [-0.25, -0.2) is 0 Å². The Morgan fingerprint density at radius 1 is 0.784 bits per heavy atom. The van der Waals surface area contributed by atoms with E-state index in [9.17, 15) is 5.11 Å². The van der Waals surface area contributed by atoms with Crippen LogP contribution in [0.1, 0.15) is 136 Å². The highest BCUT2D eigenvalue weighted by molar-refractivity contribution is 5.40. The molecule has 0 spiro atoms. The second kappa shape index (κ2) is 20.2. The highest BCUT2D eigenvalue weighted by atomic mass is 16.5. The van der Waals surface area contributed by atoms with Crippen LogP contribution in [0.3, 0.4) is 0 Å². The third-order valence-corrected chi connectivity index (χ3v) is 13.2. The van der Waals surface area contributed by atoms with Crippen molar-refractivity contribution in [1.29, 1.82) is 0 Å².